The van der Waals surface area contributed by atoms with Crippen molar-refractivity contribution in [2.75, 3.05) is 0 Å². The fraction of sp³-hybridized carbons (Fsp3) is 0.524. The second-order valence-corrected chi connectivity index (χ2v) is 8.68. The molecule has 1 aromatic carbocycles. The zero-order valence-electron chi connectivity index (χ0n) is 17.2. The molecule has 3 atom stereocenters. The summed E-state index contributed by atoms with van der Waals surface area (Å²) in [6.07, 6.45) is -2.06. The number of carbonyl (C=O) groups is 2. The molecule has 33 heavy (non-hydrogen) atoms. The summed E-state index contributed by atoms with van der Waals surface area (Å²) in [7, 11) is 0. The van der Waals surface area contributed by atoms with Gasteiger partial charge >= 0.3 is 12.1 Å². The van der Waals surface area contributed by atoms with Gasteiger partial charge in [0.05, 0.1) is 12.1 Å². The topological polar surface area (TPSA) is 79.5 Å². The van der Waals surface area contributed by atoms with Crippen molar-refractivity contribution in [1.82, 2.24) is 19.9 Å². The fourth-order valence-corrected chi connectivity index (χ4v) is 4.89. The van der Waals surface area contributed by atoms with Crippen LogP contribution < -0.4 is 0 Å². The van der Waals surface area contributed by atoms with Crippen LogP contribution in [-0.2, 0) is 17.5 Å². The van der Waals surface area contributed by atoms with Gasteiger partial charge in [0.25, 0.3) is 11.8 Å². The fourth-order valence-electron chi connectivity index (χ4n) is 4.89. The normalized spacial score (nSPS) is 26.3. The van der Waals surface area contributed by atoms with Crippen molar-refractivity contribution in [3.63, 3.8) is 0 Å². The summed E-state index contributed by atoms with van der Waals surface area (Å²) in [4.78, 5) is 31.0. The maximum absolute atomic E-state index is 13.7. The first-order valence-electron chi connectivity index (χ1n) is 10.6. The summed E-state index contributed by atoms with van der Waals surface area (Å²) in [5.41, 5.74) is 1.13. The molecule has 0 spiro atoms. The van der Waals surface area contributed by atoms with E-state index < -0.39 is 36.1 Å². The summed E-state index contributed by atoms with van der Waals surface area (Å²) in [5.74, 6) is -5.05. The van der Waals surface area contributed by atoms with E-state index in [4.69, 9.17) is 0 Å². The van der Waals surface area contributed by atoms with Crippen molar-refractivity contribution in [1.29, 1.82) is 0 Å². The minimum Gasteiger partial charge on any atom is -0.331 e. The molecule has 2 aromatic rings. The zero-order chi connectivity index (χ0) is 23.5. The number of benzene rings is 1. The van der Waals surface area contributed by atoms with Gasteiger partial charge in [-0.05, 0) is 24.5 Å². The average Bonchev–Trinajstić information content (AvgIpc) is 3.13. The first kappa shape index (κ1) is 21.8. The van der Waals surface area contributed by atoms with E-state index in [1.54, 1.807) is 11.0 Å². The van der Waals surface area contributed by atoms with Gasteiger partial charge in [-0.1, -0.05) is 30.1 Å². The van der Waals surface area contributed by atoms with E-state index in [0.29, 0.717) is 24.8 Å². The van der Waals surface area contributed by atoms with Gasteiger partial charge in [0.2, 0.25) is 12.2 Å². The Hall–Kier alpha value is -3.05. The number of aromatic nitrogens is 2. The average molecular weight is 470 g/mol. The Morgan fingerprint density at radius 1 is 1.21 bits per heavy atom. The summed E-state index contributed by atoms with van der Waals surface area (Å²) in [5, 5.41) is 3.35. The molecule has 1 aromatic heterocycles. The van der Waals surface area contributed by atoms with Crippen LogP contribution in [0.5, 0.6) is 0 Å². The molecular weight excluding hydrogens is 451 g/mol. The van der Waals surface area contributed by atoms with Crippen molar-refractivity contribution in [2.24, 2.45) is 0 Å². The predicted octanol–water partition coefficient (Wildman–Crippen LogP) is 3.89. The minimum atomic E-state index is -4.78. The molecule has 5 rings (SSSR count). The summed E-state index contributed by atoms with van der Waals surface area (Å²) >= 11 is 0. The third-order valence-electron chi connectivity index (χ3n) is 6.62. The van der Waals surface area contributed by atoms with E-state index in [9.17, 15) is 31.5 Å². The van der Waals surface area contributed by atoms with Crippen LogP contribution in [0, 0.1) is 0 Å². The van der Waals surface area contributed by atoms with E-state index in [0.717, 1.165) is 12.8 Å². The number of hydrogen-bond donors (Lipinski definition) is 0. The third-order valence-corrected chi connectivity index (χ3v) is 6.62. The van der Waals surface area contributed by atoms with Gasteiger partial charge in [0.1, 0.15) is 6.04 Å². The Morgan fingerprint density at radius 3 is 2.58 bits per heavy atom. The molecule has 0 N–H and O–H groups in total. The van der Waals surface area contributed by atoms with E-state index in [1.807, 2.05) is 0 Å². The Kier molecular flexibility index (Phi) is 4.94. The first-order valence-corrected chi connectivity index (χ1v) is 10.6. The second kappa shape index (κ2) is 7.49. The van der Waals surface area contributed by atoms with E-state index in [2.05, 4.69) is 14.7 Å². The van der Waals surface area contributed by atoms with E-state index in [-0.39, 0.29) is 35.8 Å². The van der Waals surface area contributed by atoms with Gasteiger partial charge in [-0.3, -0.25) is 9.59 Å². The lowest BCUT2D eigenvalue weighted by Gasteiger charge is -2.42. The molecule has 176 valence electrons. The Bertz CT molecular complexity index is 1100. The smallest absolute Gasteiger partial charge is 0.331 e. The van der Waals surface area contributed by atoms with Crippen molar-refractivity contribution in [3.8, 4) is 11.4 Å². The SMILES string of the molecule is O=CN([C@@H]1CCCC[C@H]1N1Cc2ccc(-c3noc(C(F)(F)F)n3)cc2C1=O)[C@H]1CC1(F)F. The second-order valence-electron chi connectivity index (χ2n) is 8.68. The van der Waals surface area contributed by atoms with Crippen LogP contribution in [0.2, 0.25) is 0 Å². The molecule has 0 unspecified atom stereocenters. The van der Waals surface area contributed by atoms with Crippen LogP contribution in [0.3, 0.4) is 0 Å². The molecule has 0 saturated heterocycles. The van der Waals surface area contributed by atoms with Crippen LogP contribution >= 0.6 is 0 Å². The molecule has 12 heteroatoms. The molecule has 3 aliphatic rings. The lowest BCUT2D eigenvalue weighted by Crippen LogP contribution is -2.54. The molecule has 2 aliphatic carbocycles. The Balaban J connectivity index is 1.40. The molecule has 2 saturated carbocycles. The number of fused-ring (bicyclic) bond motifs is 1. The predicted molar refractivity (Wildman–Crippen MR) is 102 cm³/mol. The highest BCUT2D eigenvalue weighted by atomic mass is 19.4. The van der Waals surface area contributed by atoms with Crippen molar-refractivity contribution < 1.29 is 36.1 Å². The molecule has 2 fully saturated rings. The van der Waals surface area contributed by atoms with Crippen LogP contribution in [0.1, 0.15) is 53.9 Å². The highest BCUT2D eigenvalue weighted by Crippen LogP contribution is 2.48. The van der Waals surface area contributed by atoms with Gasteiger partial charge < -0.3 is 14.3 Å². The number of nitrogens with zero attached hydrogens (tertiary/aromatic N) is 4. The lowest BCUT2D eigenvalue weighted by atomic mass is 9.88. The van der Waals surface area contributed by atoms with Crippen molar-refractivity contribution >= 4 is 12.3 Å². The van der Waals surface area contributed by atoms with Crippen LogP contribution in [-0.4, -0.2) is 56.3 Å². The van der Waals surface area contributed by atoms with Crippen LogP contribution in [0.25, 0.3) is 11.4 Å². The maximum atomic E-state index is 13.7. The highest BCUT2D eigenvalue weighted by Gasteiger charge is 2.62. The molecule has 0 radical (unpaired) electrons. The van der Waals surface area contributed by atoms with Gasteiger partial charge in [-0.15, -0.1) is 0 Å². The summed E-state index contributed by atoms with van der Waals surface area (Å²) in [6.45, 7) is 0.226. The zero-order valence-corrected chi connectivity index (χ0v) is 17.2. The molecule has 1 aliphatic heterocycles. The number of halogens is 5. The van der Waals surface area contributed by atoms with Gasteiger partial charge in [-0.25, -0.2) is 8.78 Å². The van der Waals surface area contributed by atoms with E-state index >= 15 is 0 Å². The molecule has 2 heterocycles. The Morgan fingerprint density at radius 2 is 1.94 bits per heavy atom. The van der Waals surface area contributed by atoms with Gasteiger partial charge in [-0.2, -0.15) is 18.2 Å². The quantitative estimate of drug-likeness (QED) is 0.490. The standard InChI is InChI=1S/C21H19F5N4O3/c22-20(23)8-16(20)30(10-31)15-4-2-1-3-14(15)29-9-12-6-5-11(7-13(12)18(29)32)17-27-19(33-28-17)21(24,25)26/h5-7,10,14-16H,1-4,8-9H2/t14-,15-,16+/m1/s1. The number of alkyl halides is 5. The largest absolute Gasteiger partial charge is 0.471 e. The number of carbonyl (C=O) groups excluding carboxylic acids is 2. The van der Waals surface area contributed by atoms with Crippen LogP contribution in [0.4, 0.5) is 22.0 Å². The van der Waals surface area contributed by atoms with Crippen LogP contribution in [0.15, 0.2) is 22.7 Å². The van der Waals surface area contributed by atoms with E-state index in [1.165, 1.54) is 17.0 Å². The minimum absolute atomic E-state index is 0.190. The molecule has 7 nitrogen and oxygen atoms in total. The summed E-state index contributed by atoms with van der Waals surface area (Å²) in [6, 6.07) is 2.43. The van der Waals surface area contributed by atoms with Crippen molar-refractivity contribution in [2.45, 2.75) is 68.9 Å². The lowest BCUT2D eigenvalue weighted by molar-refractivity contribution is -0.159. The number of amides is 2. The number of hydrogen-bond acceptors (Lipinski definition) is 5. The molecule has 2 amide bonds. The highest BCUT2D eigenvalue weighted by molar-refractivity contribution is 5.99. The van der Waals surface area contributed by atoms with Gasteiger partial charge in [0.15, 0.2) is 0 Å². The first-order chi connectivity index (χ1) is 15.6. The number of rotatable bonds is 5. The summed E-state index contributed by atoms with van der Waals surface area (Å²) < 4.78 is 69.9. The third kappa shape index (κ3) is 3.74. The molecule has 0 bridgehead atoms. The Labute approximate surface area is 184 Å². The van der Waals surface area contributed by atoms with Gasteiger partial charge in [0, 0.05) is 24.1 Å². The van der Waals surface area contributed by atoms with Crippen molar-refractivity contribution in [3.05, 3.63) is 35.2 Å². The molecular formula is C21H19F5N4O3. The maximum Gasteiger partial charge on any atom is 0.471 e. The monoisotopic (exact) mass is 470 g/mol.